The van der Waals surface area contributed by atoms with Gasteiger partial charge in [-0.05, 0) is 141 Å². The Morgan fingerprint density at radius 2 is 0.486 bits per heavy atom. The third-order valence-corrected chi connectivity index (χ3v) is 19.9. The molecule has 0 aliphatic heterocycles. The van der Waals surface area contributed by atoms with Gasteiger partial charge in [-0.1, -0.05) is 340 Å². The van der Waals surface area contributed by atoms with E-state index in [2.05, 4.69) is 167 Å². The predicted molar refractivity (Wildman–Crippen MR) is 454 cm³/mol. The molecular formula is C91H156O16P2. The molecule has 0 aromatic carbocycles. The Kier molecular flexibility index (Phi) is 79.4. The summed E-state index contributed by atoms with van der Waals surface area (Å²) in [6, 6.07) is 0. The zero-order valence-electron chi connectivity index (χ0n) is 68.7. The summed E-state index contributed by atoms with van der Waals surface area (Å²) in [6.45, 7) is 2.43. The number of ether oxygens (including phenoxy) is 3. The van der Waals surface area contributed by atoms with Gasteiger partial charge in [0, 0.05) is 19.3 Å². The number of hydrogen-bond acceptors (Lipinski definition) is 14. The van der Waals surface area contributed by atoms with Crippen molar-refractivity contribution in [3.8, 4) is 0 Å². The van der Waals surface area contributed by atoms with Crippen molar-refractivity contribution >= 4 is 33.6 Å². The van der Waals surface area contributed by atoms with E-state index in [0.29, 0.717) is 19.3 Å². The van der Waals surface area contributed by atoms with Crippen LogP contribution in [0.4, 0.5) is 0 Å². The molecule has 0 aliphatic carbocycles. The van der Waals surface area contributed by atoms with E-state index < -0.39 is 91.5 Å². The van der Waals surface area contributed by atoms with Gasteiger partial charge in [-0.15, -0.1) is 0 Å². The highest BCUT2D eigenvalue weighted by Gasteiger charge is 2.29. The van der Waals surface area contributed by atoms with E-state index in [-0.39, 0.29) is 19.3 Å². The summed E-state index contributed by atoms with van der Waals surface area (Å²) < 4.78 is 61.3. The molecule has 4 N–H and O–H groups in total. The minimum Gasteiger partial charge on any atom is -0.463 e. The number of carbonyl (C=O) groups is 3. The molecule has 0 saturated heterocycles. The van der Waals surface area contributed by atoms with Gasteiger partial charge >= 0.3 is 33.6 Å². The summed E-state index contributed by atoms with van der Waals surface area (Å²) >= 11 is 0. The Morgan fingerprint density at radius 1 is 0.266 bits per heavy atom. The SMILES string of the molecule is CC/C=C\C/C=C\C/C=C\C/C=C\C/C=C\CCCCCCCCCCCCCCCCCCCC(=O)OCC(O)COP(=O)(O)OCC(O)COP(=O)(O)OCC(COC(=O)CCCCCCCCCCC/C=C\C/C=C\C/C=C\C/C=C\CCCCC)OC(=O)CCCCCCC/C=C\C/C=C\C/C=C\CC. The second kappa shape index (κ2) is 82.9. The maximum absolute atomic E-state index is 13.0. The van der Waals surface area contributed by atoms with Gasteiger partial charge in [0.25, 0.3) is 0 Å². The van der Waals surface area contributed by atoms with E-state index in [4.69, 9.17) is 32.3 Å². The summed E-state index contributed by atoms with van der Waals surface area (Å²) in [4.78, 5) is 58.8. The lowest BCUT2D eigenvalue weighted by molar-refractivity contribution is -0.161. The van der Waals surface area contributed by atoms with Crippen molar-refractivity contribution in [2.45, 2.75) is 373 Å². The molecule has 16 nitrogen and oxygen atoms in total. The molecule has 18 heteroatoms. The van der Waals surface area contributed by atoms with Crippen molar-refractivity contribution in [2.24, 2.45) is 0 Å². The summed E-state index contributed by atoms with van der Waals surface area (Å²) in [5.74, 6) is -1.59. The van der Waals surface area contributed by atoms with E-state index in [1.54, 1.807) is 0 Å². The zero-order valence-corrected chi connectivity index (χ0v) is 70.5. The normalized spacial score (nSPS) is 14.6. The first-order valence-corrected chi connectivity index (χ1v) is 46.1. The third-order valence-electron chi connectivity index (χ3n) is 18.0. The maximum Gasteiger partial charge on any atom is 0.472 e. The summed E-state index contributed by atoms with van der Waals surface area (Å²) in [6.07, 6.45) is 103. The van der Waals surface area contributed by atoms with Gasteiger partial charge in [0.15, 0.2) is 6.10 Å². The summed E-state index contributed by atoms with van der Waals surface area (Å²) in [7, 11) is -9.80. The molecule has 0 spiro atoms. The number of unbranched alkanes of at least 4 members (excludes halogenated alkanes) is 34. The molecule has 626 valence electrons. The van der Waals surface area contributed by atoms with Crippen molar-refractivity contribution < 1.29 is 75.8 Å². The van der Waals surface area contributed by atoms with E-state index in [1.165, 1.54) is 141 Å². The molecule has 0 heterocycles. The van der Waals surface area contributed by atoms with Crippen LogP contribution in [0.3, 0.4) is 0 Å². The number of esters is 3. The van der Waals surface area contributed by atoms with E-state index in [9.17, 15) is 43.5 Å². The van der Waals surface area contributed by atoms with E-state index in [0.717, 1.165) is 154 Å². The summed E-state index contributed by atoms with van der Waals surface area (Å²) in [5.41, 5.74) is 0. The first-order valence-electron chi connectivity index (χ1n) is 43.1. The van der Waals surface area contributed by atoms with E-state index in [1.807, 2.05) is 0 Å². The van der Waals surface area contributed by atoms with Crippen molar-refractivity contribution in [1.82, 2.24) is 0 Å². The summed E-state index contributed by atoms with van der Waals surface area (Å²) in [5, 5.41) is 20.7. The Bertz CT molecular complexity index is 2560. The molecule has 5 atom stereocenters. The average molecular weight is 1570 g/mol. The Morgan fingerprint density at radius 3 is 0.771 bits per heavy atom. The lowest BCUT2D eigenvalue weighted by Gasteiger charge is -2.21. The van der Waals surface area contributed by atoms with Crippen molar-refractivity contribution in [3.63, 3.8) is 0 Å². The minimum absolute atomic E-state index is 0.0812. The fraction of sp³-hybridized carbons (Fsp3) is 0.703. The van der Waals surface area contributed by atoms with Gasteiger partial charge in [0.1, 0.15) is 25.4 Å². The molecule has 0 aromatic heterocycles. The topological polar surface area (TPSA) is 231 Å². The van der Waals surface area contributed by atoms with E-state index >= 15 is 0 Å². The minimum atomic E-state index is -4.94. The van der Waals surface area contributed by atoms with Crippen molar-refractivity contribution in [2.75, 3.05) is 39.6 Å². The molecular weight excluding hydrogens is 1410 g/mol. The van der Waals surface area contributed by atoms with Gasteiger partial charge in [0.05, 0.1) is 26.4 Å². The molecule has 0 fully saturated rings. The lowest BCUT2D eigenvalue weighted by Crippen LogP contribution is -2.30. The Hall–Kier alpha value is -4.57. The standard InChI is InChI=1S/C91H156O16P2/c1-4-7-10-13-16-19-22-25-28-30-32-34-36-38-39-40-41-42-43-44-45-47-49-50-52-54-57-59-62-65-68-71-74-77-89(94)101-80-86(92)81-103-108(97,98)104-82-87(93)83-105-109(99,100)106-85-88(107-91(96)79-76-73-70-67-64-61-56-27-24-21-18-15-12-9-6-3)84-102-90(95)78-75-72-69-66-63-60-58-55-53-51-48-46-37-35-33-31-29-26-23-20-17-14-11-8-5-2/h7,9-10,12,16-21,25-29,32-35,38-39,46,48,56,86-88,92-93H,4-6,8,11,13-15,22-24,30-31,36-37,40-45,47,49-55,57-85H2,1-3H3,(H,97,98)(H,99,100)/b10-7-,12-9-,19-16-,20-17-,21-18-,28-25-,29-26-,34-32-,35-33-,39-38-,48-46-,56-27-. The van der Waals surface area contributed by atoms with Gasteiger partial charge in [-0.25, -0.2) is 9.13 Å². The maximum atomic E-state index is 13.0. The second-order valence-corrected chi connectivity index (χ2v) is 31.5. The monoisotopic (exact) mass is 1570 g/mol. The molecule has 109 heavy (non-hydrogen) atoms. The number of carbonyl (C=O) groups excluding carboxylic acids is 3. The van der Waals surface area contributed by atoms with Crippen LogP contribution in [0, 0.1) is 0 Å². The van der Waals surface area contributed by atoms with Gasteiger partial charge in [-0.3, -0.25) is 32.5 Å². The fourth-order valence-corrected chi connectivity index (χ4v) is 13.1. The molecule has 0 radical (unpaired) electrons. The highest BCUT2D eigenvalue weighted by Crippen LogP contribution is 2.45. The van der Waals surface area contributed by atoms with Gasteiger partial charge < -0.3 is 34.2 Å². The first-order chi connectivity index (χ1) is 53.2. The second-order valence-electron chi connectivity index (χ2n) is 28.6. The van der Waals surface area contributed by atoms with Gasteiger partial charge in [-0.2, -0.15) is 0 Å². The number of aliphatic hydroxyl groups is 2. The largest absolute Gasteiger partial charge is 0.472 e. The molecule has 0 aliphatic rings. The van der Waals surface area contributed by atoms with Crippen LogP contribution in [-0.4, -0.2) is 95.9 Å². The number of hydrogen-bond donors (Lipinski definition) is 4. The number of aliphatic hydroxyl groups excluding tert-OH is 2. The quantitative estimate of drug-likeness (QED) is 0.0146. The lowest BCUT2D eigenvalue weighted by atomic mass is 10.0. The number of phosphoric ester groups is 2. The van der Waals surface area contributed by atoms with Gasteiger partial charge in [0.2, 0.25) is 0 Å². The van der Waals surface area contributed by atoms with Crippen LogP contribution in [0.5, 0.6) is 0 Å². The van der Waals surface area contributed by atoms with Crippen LogP contribution in [0.2, 0.25) is 0 Å². The molecule has 0 saturated carbocycles. The highest BCUT2D eigenvalue weighted by molar-refractivity contribution is 7.47. The zero-order chi connectivity index (χ0) is 79.4. The number of rotatable bonds is 81. The smallest absolute Gasteiger partial charge is 0.463 e. The molecule has 5 unspecified atom stereocenters. The molecule has 0 amide bonds. The highest BCUT2D eigenvalue weighted by atomic mass is 31.2. The third kappa shape index (κ3) is 84.2. The molecule has 0 rings (SSSR count). The fourth-order valence-electron chi connectivity index (χ4n) is 11.5. The van der Waals surface area contributed by atoms with Crippen LogP contribution in [0.1, 0.15) is 355 Å². The van der Waals surface area contributed by atoms with Crippen molar-refractivity contribution in [3.05, 3.63) is 146 Å². The van der Waals surface area contributed by atoms with Crippen LogP contribution >= 0.6 is 15.6 Å². The van der Waals surface area contributed by atoms with Crippen LogP contribution in [0.15, 0.2) is 146 Å². The average Bonchev–Trinajstić information content (AvgIpc) is 0.903. The van der Waals surface area contributed by atoms with Crippen LogP contribution in [-0.2, 0) is 55.8 Å². The van der Waals surface area contributed by atoms with Crippen molar-refractivity contribution in [1.29, 1.82) is 0 Å². The Balaban J connectivity index is 4.47. The molecule has 0 aromatic rings. The molecule has 0 bridgehead atoms. The number of allylic oxidation sites excluding steroid dienone is 24. The number of phosphoric acid groups is 2. The van der Waals surface area contributed by atoms with Crippen LogP contribution in [0.25, 0.3) is 0 Å². The Labute approximate surface area is 664 Å². The first kappa shape index (κ1) is 104. The predicted octanol–water partition coefficient (Wildman–Crippen LogP) is 26.0. The van der Waals surface area contributed by atoms with Crippen LogP contribution < -0.4 is 0 Å².